The standard InChI is InChI=1S/C15H25N7OS/c1-20(2)14-13(10-17-15-18-11-19-22(14)15)21-7-4-12(5-8-21)6-9-24(3,16)23/h10-12,16H,4-9H2,1-3H3. The smallest absolute Gasteiger partial charge is 0.254 e. The summed E-state index contributed by atoms with van der Waals surface area (Å²) in [5.41, 5.74) is 1.07. The molecule has 0 bridgehead atoms. The molecule has 0 aliphatic carbocycles. The molecule has 1 fully saturated rings. The van der Waals surface area contributed by atoms with E-state index < -0.39 is 9.73 Å². The van der Waals surface area contributed by atoms with Crippen LogP contribution >= 0.6 is 0 Å². The molecule has 0 amide bonds. The van der Waals surface area contributed by atoms with Gasteiger partial charge in [0.25, 0.3) is 5.78 Å². The minimum Gasteiger partial charge on any atom is -0.367 e. The van der Waals surface area contributed by atoms with Crippen molar-refractivity contribution in [2.75, 3.05) is 49.0 Å². The van der Waals surface area contributed by atoms with Crippen LogP contribution in [0.4, 0.5) is 11.5 Å². The van der Waals surface area contributed by atoms with Gasteiger partial charge in [0.05, 0.1) is 11.9 Å². The van der Waals surface area contributed by atoms with Crippen molar-refractivity contribution < 1.29 is 4.21 Å². The van der Waals surface area contributed by atoms with Crippen LogP contribution in [0, 0.1) is 10.7 Å². The van der Waals surface area contributed by atoms with Crippen molar-refractivity contribution in [1.82, 2.24) is 19.6 Å². The van der Waals surface area contributed by atoms with Crippen molar-refractivity contribution in [2.24, 2.45) is 5.92 Å². The van der Waals surface area contributed by atoms with Gasteiger partial charge in [0.2, 0.25) is 0 Å². The number of nitrogens with one attached hydrogen (secondary N) is 1. The molecule has 3 rings (SSSR count). The van der Waals surface area contributed by atoms with E-state index in [-0.39, 0.29) is 0 Å². The summed E-state index contributed by atoms with van der Waals surface area (Å²) in [6, 6.07) is 0. The predicted octanol–water partition coefficient (Wildman–Crippen LogP) is 1.47. The van der Waals surface area contributed by atoms with Gasteiger partial charge in [0, 0.05) is 48.9 Å². The average Bonchev–Trinajstić information content (AvgIpc) is 3.00. The Morgan fingerprint density at radius 3 is 2.67 bits per heavy atom. The van der Waals surface area contributed by atoms with Crippen LogP contribution in [0.3, 0.4) is 0 Å². The number of aromatic nitrogens is 4. The number of hydrogen-bond donors (Lipinski definition) is 1. The first kappa shape index (κ1) is 16.9. The van der Waals surface area contributed by atoms with E-state index in [4.69, 9.17) is 4.78 Å². The van der Waals surface area contributed by atoms with Gasteiger partial charge in [-0.3, -0.25) is 8.99 Å². The summed E-state index contributed by atoms with van der Waals surface area (Å²) in [5, 5.41) is 4.29. The van der Waals surface area contributed by atoms with Crippen LogP contribution in [0.5, 0.6) is 0 Å². The highest BCUT2D eigenvalue weighted by Crippen LogP contribution is 2.31. The van der Waals surface area contributed by atoms with Gasteiger partial charge in [-0.05, 0) is 25.2 Å². The van der Waals surface area contributed by atoms with Gasteiger partial charge >= 0.3 is 0 Å². The lowest BCUT2D eigenvalue weighted by molar-refractivity contribution is 0.396. The van der Waals surface area contributed by atoms with E-state index in [9.17, 15) is 4.21 Å². The molecule has 8 nitrogen and oxygen atoms in total. The topological polar surface area (TPSA) is 90.5 Å². The quantitative estimate of drug-likeness (QED) is 0.877. The zero-order valence-electron chi connectivity index (χ0n) is 14.5. The number of nitrogens with zero attached hydrogens (tertiary/aromatic N) is 6. The molecule has 2 aromatic heterocycles. The van der Waals surface area contributed by atoms with Crippen molar-refractivity contribution in [3.63, 3.8) is 0 Å². The van der Waals surface area contributed by atoms with Crippen molar-refractivity contribution >= 4 is 27.0 Å². The first-order chi connectivity index (χ1) is 11.3. The van der Waals surface area contributed by atoms with E-state index >= 15 is 0 Å². The third-order valence-corrected chi connectivity index (χ3v) is 5.57. The minimum atomic E-state index is -2.37. The highest BCUT2D eigenvalue weighted by molar-refractivity contribution is 7.91. The van der Waals surface area contributed by atoms with E-state index in [1.807, 2.05) is 25.2 Å². The highest BCUT2D eigenvalue weighted by Gasteiger charge is 2.24. The van der Waals surface area contributed by atoms with E-state index in [0.29, 0.717) is 17.4 Å². The Morgan fingerprint density at radius 2 is 2.04 bits per heavy atom. The molecule has 1 N–H and O–H groups in total. The lowest BCUT2D eigenvalue weighted by Crippen LogP contribution is -2.35. The number of anilines is 2. The Kier molecular flexibility index (Phi) is 4.62. The van der Waals surface area contributed by atoms with Crippen LogP contribution in [-0.2, 0) is 9.73 Å². The Hall–Kier alpha value is -1.90. The molecule has 1 saturated heterocycles. The van der Waals surface area contributed by atoms with Crippen molar-refractivity contribution in [3.05, 3.63) is 12.5 Å². The molecular formula is C15H25N7OS. The summed E-state index contributed by atoms with van der Waals surface area (Å²) >= 11 is 0. The highest BCUT2D eigenvalue weighted by atomic mass is 32.2. The molecule has 9 heteroatoms. The number of piperidine rings is 1. The second kappa shape index (κ2) is 6.54. The largest absolute Gasteiger partial charge is 0.367 e. The number of hydrogen-bond acceptors (Lipinski definition) is 7. The third kappa shape index (κ3) is 3.61. The molecule has 1 aliphatic heterocycles. The number of fused-ring (bicyclic) bond motifs is 1. The number of rotatable bonds is 5. The molecule has 0 radical (unpaired) electrons. The van der Waals surface area contributed by atoms with Gasteiger partial charge in [-0.2, -0.15) is 14.6 Å². The molecule has 24 heavy (non-hydrogen) atoms. The Bertz CT molecular complexity index is 806. The maximum absolute atomic E-state index is 11.6. The van der Waals surface area contributed by atoms with E-state index in [1.54, 1.807) is 4.52 Å². The third-order valence-electron chi connectivity index (χ3n) is 4.56. The van der Waals surface area contributed by atoms with Crippen LogP contribution in [0.1, 0.15) is 19.3 Å². The molecule has 0 aromatic carbocycles. The summed E-state index contributed by atoms with van der Waals surface area (Å²) in [4.78, 5) is 12.9. The zero-order chi connectivity index (χ0) is 17.3. The molecule has 0 saturated carbocycles. The zero-order valence-corrected chi connectivity index (χ0v) is 15.3. The van der Waals surface area contributed by atoms with Crippen LogP contribution in [0.25, 0.3) is 5.78 Å². The Labute approximate surface area is 142 Å². The molecule has 1 aliphatic rings. The average molecular weight is 351 g/mol. The van der Waals surface area contributed by atoms with Crippen LogP contribution < -0.4 is 9.80 Å². The molecule has 2 aromatic rings. The van der Waals surface area contributed by atoms with Crippen molar-refractivity contribution in [3.8, 4) is 0 Å². The summed E-state index contributed by atoms with van der Waals surface area (Å²) in [5.74, 6) is 2.65. The van der Waals surface area contributed by atoms with Gasteiger partial charge in [0.1, 0.15) is 6.33 Å². The van der Waals surface area contributed by atoms with E-state index in [1.165, 1.54) is 12.6 Å². The lowest BCUT2D eigenvalue weighted by atomic mass is 9.94. The summed E-state index contributed by atoms with van der Waals surface area (Å²) < 4.78 is 20.9. The first-order valence-corrected chi connectivity index (χ1v) is 10.3. The maximum Gasteiger partial charge on any atom is 0.254 e. The second-order valence-electron chi connectivity index (χ2n) is 6.76. The van der Waals surface area contributed by atoms with Gasteiger partial charge < -0.3 is 9.80 Å². The fraction of sp³-hybridized carbons (Fsp3) is 0.667. The van der Waals surface area contributed by atoms with Crippen molar-refractivity contribution in [2.45, 2.75) is 19.3 Å². The van der Waals surface area contributed by atoms with Crippen LogP contribution in [0.2, 0.25) is 0 Å². The predicted molar refractivity (Wildman–Crippen MR) is 96.3 cm³/mol. The Morgan fingerprint density at radius 1 is 1.33 bits per heavy atom. The van der Waals surface area contributed by atoms with Gasteiger partial charge in [-0.15, -0.1) is 0 Å². The monoisotopic (exact) mass is 351 g/mol. The SMILES string of the molecule is CN(C)c1c(N2CCC(CCS(C)(=N)=O)CC2)cnc2ncnn12. The molecule has 0 spiro atoms. The van der Waals surface area contributed by atoms with Gasteiger partial charge in [-0.1, -0.05) is 0 Å². The molecular weight excluding hydrogens is 326 g/mol. The Balaban J connectivity index is 1.75. The van der Waals surface area contributed by atoms with Crippen LogP contribution in [-0.4, -0.2) is 63.0 Å². The second-order valence-corrected chi connectivity index (χ2v) is 9.18. The normalized spacial score (nSPS) is 18.7. The molecule has 1 unspecified atom stereocenters. The summed E-state index contributed by atoms with van der Waals surface area (Å²) in [7, 11) is 1.62. The van der Waals surface area contributed by atoms with E-state index in [2.05, 4.69) is 20.0 Å². The molecule has 3 heterocycles. The fourth-order valence-electron chi connectivity index (χ4n) is 3.25. The van der Waals surface area contributed by atoms with Crippen LogP contribution in [0.15, 0.2) is 12.5 Å². The fourth-order valence-corrected chi connectivity index (χ4v) is 4.04. The molecule has 132 valence electrons. The van der Waals surface area contributed by atoms with Gasteiger partial charge in [-0.25, -0.2) is 4.98 Å². The van der Waals surface area contributed by atoms with Gasteiger partial charge in [0.15, 0.2) is 5.82 Å². The van der Waals surface area contributed by atoms with E-state index in [0.717, 1.165) is 43.9 Å². The molecule has 1 atom stereocenters. The van der Waals surface area contributed by atoms with Crippen molar-refractivity contribution in [1.29, 1.82) is 4.78 Å². The summed E-state index contributed by atoms with van der Waals surface area (Å²) in [6.45, 7) is 1.88. The minimum absolute atomic E-state index is 0.507. The summed E-state index contributed by atoms with van der Waals surface area (Å²) in [6.07, 6.45) is 7.92. The maximum atomic E-state index is 11.6. The first-order valence-electron chi connectivity index (χ1n) is 8.17. The lowest BCUT2D eigenvalue weighted by Gasteiger charge is -2.35.